The van der Waals surface area contributed by atoms with E-state index >= 15 is 0 Å². The normalized spacial score (nSPS) is 23.2. The molecule has 3 nitrogen and oxygen atoms in total. The Hall–Kier alpha value is -0.360. The molecule has 0 saturated carbocycles. The topological polar surface area (TPSA) is 30.5 Å². The van der Waals surface area contributed by atoms with Gasteiger partial charge < -0.3 is 14.8 Å². The summed E-state index contributed by atoms with van der Waals surface area (Å²) in [5.41, 5.74) is 0. The van der Waals surface area contributed by atoms with Crippen LogP contribution in [0.1, 0.15) is 0 Å². The van der Waals surface area contributed by atoms with E-state index in [1.807, 2.05) is 0 Å². The van der Waals surface area contributed by atoms with Gasteiger partial charge in [0.2, 0.25) is 0 Å². The number of ether oxygens (including phenoxy) is 2. The van der Waals surface area contributed by atoms with Crippen LogP contribution in [0.5, 0.6) is 5.75 Å². The second-order valence-electron chi connectivity index (χ2n) is 3.64. The molecular weight excluding hydrogens is 312 g/mol. The molecule has 1 fully saturated rings. The number of rotatable bonds is 3. The standard InChI is InChI=1S/C11H13BrFNO2.ClH/c1-15-9-5-14-6-10(9)16-8-4-2-3-7(12)11(8)13;/h2-4,9-10,14H,5-6H2,1H3;1H/t9-,10-;/m1./s1. The molecule has 0 spiro atoms. The first-order chi connectivity index (χ1) is 7.72. The number of nitrogens with one attached hydrogen (secondary N) is 1. The van der Waals surface area contributed by atoms with Crippen molar-refractivity contribution in [1.29, 1.82) is 0 Å². The van der Waals surface area contributed by atoms with Gasteiger partial charge in [0, 0.05) is 20.2 Å². The van der Waals surface area contributed by atoms with E-state index in [0.717, 1.165) is 6.54 Å². The summed E-state index contributed by atoms with van der Waals surface area (Å²) in [6, 6.07) is 5.00. The zero-order valence-electron chi connectivity index (χ0n) is 9.28. The Morgan fingerprint density at radius 1 is 1.35 bits per heavy atom. The second-order valence-corrected chi connectivity index (χ2v) is 4.49. The van der Waals surface area contributed by atoms with Crippen LogP contribution in [0.3, 0.4) is 0 Å². The maximum atomic E-state index is 13.7. The van der Waals surface area contributed by atoms with Gasteiger partial charge in [0.1, 0.15) is 12.2 Å². The van der Waals surface area contributed by atoms with Gasteiger partial charge in [-0.25, -0.2) is 4.39 Å². The number of benzene rings is 1. The van der Waals surface area contributed by atoms with Gasteiger partial charge in [-0.3, -0.25) is 0 Å². The Morgan fingerprint density at radius 3 is 2.76 bits per heavy atom. The third-order valence-electron chi connectivity index (χ3n) is 2.60. The molecule has 0 bridgehead atoms. The average molecular weight is 327 g/mol. The highest BCUT2D eigenvalue weighted by Gasteiger charge is 2.29. The summed E-state index contributed by atoms with van der Waals surface area (Å²) < 4.78 is 24.9. The first-order valence-corrected chi connectivity index (χ1v) is 5.86. The van der Waals surface area contributed by atoms with Gasteiger partial charge in [-0.1, -0.05) is 6.07 Å². The maximum Gasteiger partial charge on any atom is 0.179 e. The molecule has 1 aliphatic rings. The summed E-state index contributed by atoms with van der Waals surface area (Å²) in [6.45, 7) is 1.40. The van der Waals surface area contributed by atoms with Crippen molar-refractivity contribution >= 4 is 28.3 Å². The van der Waals surface area contributed by atoms with E-state index < -0.39 is 0 Å². The van der Waals surface area contributed by atoms with Crippen LogP contribution >= 0.6 is 28.3 Å². The Balaban J connectivity index is 0.00000144. The number of halogens is 3. The van der Waals surface area contributed by atoms with E-state index in [2.05, 4.69) is 21.2 Å². The van der Waals surface area contributed by atoms with Gasteiger partial charge in [-0.15, -0.1) is 12.4 Å². The van der Waals surface area contributed by atoms with Gasteiger partial charge >= 0.3 is 0 Å². The average Bonchev–Trinajstić information content (AvgIpc) is 2.72. The van der Waals surface area contributed by atoms with Crippen LogP contribution in [0.4, 0.5) is 4.39 Å². The molecule has 1 heterocycles. The molecule has 1 aliphatic heterocycles. The molecule has 17 heavy (non-hydrogen) atoms. The number of methoxy groups -OCH3 is 1. The fourth-order valence-corrected chi connectivity index (χ4v) is 2.07. The largest absolute Gasteiger partial charge is 0.483 e. The van der Waals surface area contributed by atoms with Crippen LogP contribution in [-0.4, -0.2) is 32.4 Å². The van der Waals surface area contributed by atoms with Crippen molar-refractivity contribution in [3.8, 4) is 5.75 Å². The molecule has 0 radical (unpaired) electrons. The van der Waals surface area contributed by atoms with Crippen molar-refractivity contribution in [3.63, 3.8) is 0 Å². The third kappa shape index (κ3) is 3.31. The molecule has 1 aromatic rings. The monoisotopic (exact) mass is 325 g/mol. The van der Waals surface area contributed by atoms with Gasteiger partial charge in [0.05, 0.1) is 4.47 Å². The Kier molecular flexibility index (Phi) is 5.66. The van der Waals surface area contributed by atoms with Crippen molar-refractivity contribution in [2.45, 2.75) is 12.2 Å². The Bertz CT molecular complexity index is 380. The lowest BCUT2D eigenvalue weighted by Crippen LogP contribution is -2.31. The van der Waals surface area contributed by atoms with Crippen LogP contribution in [0.25, 0.3) is 0 Å². The minimum absolute atomic E-state index is 0. The lowest BCUT2D eigenvalue weighted by atomic mass is 10.2. The van der Waals surface area contributed by atoms with Crippen LogP contribution in [0, 0.1) is 5.82 Å². The molecule has 0 aromatic heterocycles. The van der Waals surface area contributed by atoms with Gasteiger partial charge in [0.15, 0.2) is 11.6 Å². The molecule has 0 amide bonds. The third-order valence-corrected chi connectivity index (χ3v) is 3.22. The first kappa shape index (κ1) is 14.7. The zero-order valence-corrected chi connectivity index (χ0v) is 11.7. The predicted molar refractivity (Wildman–Crippen MR) is 69.4 cm³/mol. The SMILES string of the molecule is CO[C@@H]1CNC[C@H]1Oc1cccc(Br)c1F.Cl. The first-order valence-electron chi connectivity index (χ1n) is 5.06. The second kappa shape index (κ2) is 6.54. The fourth-order valence-electron chi connectivity index (χ4n) is 1.72. The molecule has 96 valence electrons. The van der Waals surface area contributed by atoms with Crippen LogP contribution in [-0.2, 0) is 4.74 Å². The summed E-state index contributed by atoms with van der Waals surface area (Å²) in [7, 11) is 1.63. The molecule has 1 aromatic carbocycles. The lowest BCUT2D eigenvalue weighted by molar-refractivity contribution is 0.0328. The summed E-state index contributed by atoms with van der Waals surface area (Å²) in [5, 5.41) is 3.14. The lowest BCUT2D eigenvalue weighted by Gasteiger charge is -2.19. The fraction of sp³-hybridized carbons (Fsp3) is 0.455. The minimum Gasteiger partial charge on any atom is -0.483 e. The zero-order chi connectivity index (χ0) is 11.5. The van der Waals surface area contributed by atoms with E-state index in [4.69, 9.17) is 9.47 Å². The van der Waals surface area contributed by atoms with Crippen LogP contribution in [0.2, 0.25) is 0 Å². The van der Waals surface area contributed by atoms with Gasteiger partial charge in [-0.2, -0.15) is 0 Å². The van der Waals surface area contributed by atoms with Crippen molar-refractivity contribution in [1.82, 2.24) is 5.32 Å². The van der Waals surface area contributed by atoms with E-state index in [0.29, 0.717) is 11.0 Å². The molecule has 2 atom stereocenters. The molecule has 0 unspecified atom stereocenters. The molecule has 1 N–H and O–H groups in total. The highest BCUT2D eigenvalue weighted by Crippen LogP contribution is 2.26. The molecule has 0 aliphatic carbocycles. The van der Waals surface area contributed by atoms with Crippen molar-refractivity contribution in [2.75, 3.05) is 20.2 Å². The van der Waals surface area contributed by atoms with Crippen LogP contribution in [0.15, 0.2) is 22.7 Å². The summed E-state index contributed by atoms with van der Waals surface area (Å²) in [6.07, 6.45) is -0.174. The highest BCUT2D eigenvalue weighted by atomic mass is 79.9. The Morgan fingerprint density at radius 2 is 2.06 bits per heavy atom. The number of hydrogen-bond donors (Lipinski definition) is 1. The molecule has 2 rings (SSSR count). The van der Waals surface area contributed by atoms with E-state index in [1.165, 1.54) is 0 Å². The van der Waals surface area contributed by atoms with Crippen molar-refractivity contribution in [3.05, 3.63) is 28.5 Å². The molecular formula is C11H14BrClFNO2. The summed E-state index contributed by atoms with van der Waals surface area (Å²) >= 11 is 3.13. The predicted octanol–water partition coefficient (Wildman–Crippen LogP) is 2.38. The Labute approximate surface area is 114 Å². The summed E-state index contributed by atoms with van der Waals surface area (Å²) in [5.74, 6) is -0.116. The smallest absolute Gasteiger partial charge is 0.179 e. The highest BCUT2D eigenvalue weighted by molar-refractivity contribution is 9.10. The van der Waals surface area contributed by atoms with Crippen molar-refractivity contribution in [2.24, 2.45) is 0 Å². The minimum atomic E-state index is -0.371. The number of hydrogen-bond acceptors (Lipinski definition) is 3. The van der Waals surface area contributed by atoms with E-state index in [1.54, 1.807) is 25.3 Å². The summed E-state index contributed by atoms with van der Waals surface area (Å²) in [4.78, 5) is 0. The van der Waals surface area contributed by atoms with Crippen LogP contribution < -0.4 is 10.1 Å². The van der Waals surface area contributed by atoms with Gasteiger partial charge in [-0.05, 0) is 28.1 Å². The van der Waals surface area contributed by atoms with E-state index in [9.17, 15) is 4.39 Å². The molecule has 6 heteroatoms. The van der Waals surface area contributed by atoms with Crippen molar-refractivity contribution < 1.29 is 13.9 Å². The molecule has 1 saturated heterocycles. The van der Waals surface area contributed by atoms with Gasteiger partial charge in [0.25, 0.3) is 0 Å². The maximum absolute atomic E-state index is 13.7. The quantitative estimate of drug-likeness (QED) is 0.925. The van der Waals surface area contributed by atoms with E-state index in [-0.39, 0.29) is 36.2 Å².